The maximum atomic E-state index is 13.3. The zero-order valence-corrected chi connectivity index (χ0v) is 17.1. The smallest absolute Gasteiger partial charge is 0.274 e. The van der Waals surface area contributed by atoms with Crippen LogP contribution in [0.5, 0.6) is 5.75 Å². The number of H-pyrrole nitrogens is 1. The zero-order valence-electron chi connectivity index (χ0n) is 15.5. The first-order valence-electron chi connectivity index (χ1n) is 8.73. The standard InChI is InChI=1S/C18H17N5O4S2/c1-11(2)27-13-9-6-10-14-15(13)16(24)23(29(14,25)26)17(12-7-4-3-5-8-12)28-18-19-21-22-20-18/h3-11,17H,1-2H3,(H,19,20,21,22). The van der Waals surface area contributed by atoms with Crippen molar-refractivity contribution in [2.24, 2.45) is 0 Å². The molecule has 150 valence electrons. The minimum absolute atomic E-state index is 0.0378. The Hall–Kier alpha value is -2.92. The van der Waals surface area contributed by atoms with Gasteiger partial charge in [0.2, 0.25) is 5.16 Å². The van der Waals surface area contributed by atoms with Crippen LogP contribution in [0.1, 0.15) is 35.1 Å². The Labute approximate surface area is 171 Å². The average molecular weight is 431 g/mol. The number of carbonyl (C=O) groups is 1. The maximum Gasteiger partial charge on any atom is 0.274 e. The highest BCUT2D eigenvalue weighted by Gasteiger charge is 2.48. The molecule has 0 spiro atoms. The summed E-state index contributed by atoms with van der Waals surface area (Å²) in [7, 11) is -4.11. The number of rotatable bonds is 6. The van der Waals surface area contributed by atoms with Gasteiger partial charge in [-0.05, 0) is 36.8 Å². The van der Waals surface area contributed by atoms with Gasteiger partial charge in [-0.2, -0.15) is 5.21 Å². The highest BCUT2D eigenvalue weighted by Crippen LogP contribution is 2.46. The summed E-state index contributed by atoms with van der Waals surface area (Å²) in [6.07, 6.45) is -0.218. The van der Waals surface area contributed by atoms with Crippen LogP contribution in [0.2, 0.25) is 0 Å². The molecule has 1 aromatic heterocycles. The predicted molar refractivity (Wildman–Crippen MR) is 105 cm³/mol. The summed E-state index contributed by atoms with van der Waals surface area (Å²) in [5.74, 6) is -0.411. The molecule has 1 N–H and O–H groups in total. The van der Waals surface area contributed by atoms with E-state index in [9.17, 15) is 13.2 Å². The lowest BCUT2D eigenvalue weighted by Crippen LogP contribution is -2.33. The second-order valence-corrected chi connectivity index (χ2v) is 9.31. The van der Waals surface area contributed by atoms with Crippen molar-refractivity contribution in [3.63, 3.8) is 0 Å². The number of tetrazole rings is 1. The number of thioether (sulfide) groups is 1. The van der Waals surface area contributed by atoms with Crippen molar-refractivity contribution >= 4 is 27.7 Å². The summed E-state index contributed by atoms with van der Waals surface area (Å²) in [4.78, 5) is 13.3. The predicted octanol–water partition coefficient (Wildman–Crippen LogP) is 2.62. The van der Waals surface area contributed by atoms with Crippen molar-refractivity contribution in [2.45, 2.75) is 35.4 Å². The molecule has 2 heterocycles. The third kappa shape index (κ3) is 3.47. The van der Waals surface area contributed by atoms with Crippen LogP contribution in [0.25, 0.3) is 0 Å². The third-order valence-electron chi connectivity index (χ3n) is 4.14. The number of ether oxygens (including phenoxy) is 1. The molecule has 4 rings (SSSR count). The molecular weight excluding hydrogens is 414 g/mol. The van der Waals surface area contributed by atoms with Gasteiger partial charge in [0.15, 0.2) is 0 Å². The Morgan fingerprint density at radius 3 is 2.52 bits per heavy atom. The topological polar surface area (TPSA) is 118 Å². The molecule has 0 aliphatic carbocycles. The van der Waals surface area contributed by atoms with Gasteiger partial charge in [-0.25, -0.2) is 12.7 Å². The first-order chi connectivity index (χ1) is 13.9. The number of carbonyl (C=O) groups excluding carboxylic acids is 1. The highest BCUT2D eigenvalue weighted by atomic mass is 32.2. The Bertz CT molecular complexity index is 1130. The fourth-order valence-electron chi connectivity index (χ4n) is 3.02. The zero-order chi connectivity index (χ0) is 20.6. The van der Waals surface area contributed by atoms with Gasteiger partial charge in [-0.3, -0.25) is 4.79 Å². The van der Waals surface area contributed by atoms with Gasteiger partial charge < -0.3 is 4.74 Å². The number of nitrogens with zero attached hydrogens (tertiary/aromatic N) is 4. The molecule has 0 radical (unpaired) electrons. The molecular formula is C18H17N5O4S2. The number of aromatic nitrogens is 4. The SMILES string of the molecule is CC(C)Oc1cccc2c1C(=O)N(C(Sc1nn[nH]n1)c1ccccc1)S2(=O)=O. The maximum absolute atomic E-state index is 13.3. The number of sulfonamides is 1. The number of amides is 1. The summed E-state index contributed by atoms with van der Waals surface area (Å²) in [5.41, 5.74) is 0.647. The molecule has 29 heavy (non-hydrogen) atoms. The minimum atomic E-state index is -4.11. The van der Waals surface area contributed by atoms with E-state index in [2.05, 4.69) is 20.6 Å². The minimum Gasteiger partial charge on any atom is -0.490 e. The summed E-state index contributed by atoms with van der Waals surface area (Å²) < 4.78 is 33.3. The van der Waals surface area contributed by atoms with Gasteiger partial charge in [0.25, 0.3) is 15.9 Å². The second kappa shape index (κ2) is 7.48. The van der Waals surface area contributed by atoms with E-state index >= 15 is 0 Å². The first kappa shape index (κ1) is 19.4. The van der Waals surface area contributed by atoms with Gasteiger partial charge in [-0.15, -0.1) is 10.2 Å². The van der Waals surface area contributed by atoms with Crippen LogP contribution in [-0.2, 0) is 10.0 Å². The van der Waals surface area contributed by atoms with Crippen molar-refractivity contribution in [2.75, 3.05) is 0 Å². The number of benzene rings is 2. The Morgan fingerprint density at radius 1 is 1.10 bits per heavy atom. The van der Waals surface area contributed by atoms with Crippen molar-refractivity contribution in [3.05, 3.63) is 59.7 Å². The van der Waals surface area contributed by atoms with Crippen molar-refractivity contribution in [3.8, 4) is 5.75 Å². The molecule has 9 nitrogen and oxygen atoms in total. The van der Waals surface area contributed by atoms with Crippen LogP contribution in [0.15, 0.2) is 58.6 Å². The summed E-state index contributed by atoms with van der Waals surface area (Å²) in [6.45, 7) is 3.62. The van der Waals surface area contributed by atoms with Crippen molar-refractivity contribution in [1.82, 2.24) is 24.9 Å². The largest absolute Gasteiger partial charge is 0.490 e. The van der Waals surface area contributed by atoms with E-state index in [4.69, 9.17) is 4.74 Å². The monoisotopic (exact) mass is 431 g/mol. The van der Waals surface area contributed by atoms with E-state index in [1.807, 2.05) is 19.9 Å². The number of nitrogens with one attached hydrogen (secondary N) is 1. The van der Waals surface area contributed by atoms with Crippen molar-refractivity contribution in [1.29, 1.82) is 0 Å². The van der Waals surface area contributed by atoms with Gasteiger partial charge in [-0.1, -0.05) is 48.2 Å². The molecule has 2 aromatic carbocycles. The van der Waals surface area contributed by atoms with Crippen LogP contribution >= 0.6 is 11.8 Å². The molecule has 0 bridgehead atoms. The van der Waals surface area contributed by atoms with Gasteiger partial charge >= 0.3 is 0 Å². The lowest BCUT2D eigenvalue weighted by atomic mass is 10.1. The molecule has 1 aliphatic heterocycles. The van der Waals surface area contributed by atoms with E-state index in [0.29, 0.717) is 5.56 Å². The van der Waals surface area contributed by atoms with Gasteiger partial charge in [0, 0.05) is 0 Å². The molecule has 0 saturated carbocycles. The quantitative estimate of drug-likeness (QED) is 0.592. The summed E-state index contributed by atoms with van der Waals surface area (Å²) >= 11 is 1.01. The molecule has 1 aliphatic rings. The molecule has 0 saturated heterocycles. The van der Waals surface area contributed by atoms with Crippen LogP contribution in [0.4, 0.5) is 0 Å². The van der Waals surface area contributed by atoms with Gasteiger partial charge in [0.1, 0.15) is 21.6 Å². The van der Waals surface area contributed by atoms with Gasteiger partial charge in [0.05, 0.1) is 6.10 Å². The van der Waals surface area contributed by atoms with Crippen LogP contribution in [-0.4, -0.2) is 45.4 Å². The van der Waals surface area contributed by atoms with E-state index in [1.54, 1.807) is 36.4 Å². The molecule has 1 amide bonds. The Kier molecular flexibility index (Phi) is 5.01. The lowest BCUT2D eigenvalue weighted by molar-refractivity contribution is 0.0856. The van der Waals surface area contributed by atoms with Crippen LogP contribution in [0.3, 0.4) is 0 Å². The Balaban J connectivity index is 1.84. The highest BCUT2D eigenvalue weighted by molar-refractivity contribution is 8.00. The number of fused-ring (bicyclic) bond motifs is 1. The van der Waals surface area contributed by atoms with E-state index in [0.717, 1.165) is 16.1 Å². The molecule has 11 heteroatoms. The molecule has 0 fully saturated rings. The van der Waals surface area contributed by atoms with E-state index in [-0.39, 0.29) is 27.5 Å². The summed E-state index contributed by atoms with van der Waals surface area (Å²) in [5, 5.41) is 12.9. The average Bonchev–Trinajstić information content (AvgIpc) is 3.26. The fourth-order valence-corrected chi connectivity index (χ4v) is 5.94. The third-order valence-corrected chi connectivity index (χ3v) is 7.16. The molecule has 3 aromatic rings. The number of hydrogen-bond acceptors (Lipinski definition) is 8. The first-order valence-corrected chi connectivity index (χ1v) is 11.0. The van der Waals surface area contributed by atoms with E-state index in [1.165, 1.54) is 6.07 Å². The lowest BCUT2D eigenvalue weighted by Gasteiger charge is -2.25. The normalized spacial score (nSPS) is 16.1. The van der Waals surface area contributed by atoms with E-state index < -0.39 is 21.3 Å². The van der Waals surface area contributed by atoms with Crippen LogP contribution in [0, 0.1) is 0 Å². The second-order valence-electron chi connectivity index (χ2n) is 6.48. The Morgan fingerprint density at radius 2 is 1.86 bits per heavy atom. The molecule has 1 atom stereocenters. The van der Waals surface area contributed by atoms with Crippen molar-refractivity contribution < 1.29 is 17.9 Å². The fraction of sp³-hybridized carbons (Fsp3) is 0.222. The number of hydrogen-bond donors (Lipinski definition) is 1. The van der Waals surface area contributed by atoms with Crippen LogP contribution < -0.4 is 4.74 Å². The summed E-state index contributed by atoms with van der Waals surface area (Å²) in [6, 6.07) is 13.4. The number of aromatic amines is 1. The molecule has 1 unspecified atom stereocenters.